The molecule has 0 saturated carbocycles. The molecular formula is C17H11ClFN5O. The maximum absolute atomic E-state index is 13.6. The first kappa shape index (κ1) is 15.3. The second-order valence-corrected chi connectivity index (χ2v) is 5.88. The van der Waals surface area contributed by atoms with Crippen LogP contribution in [-0.2, 0) is 0 Å². The van der Waals surface area contributed by atoms with E-state index in [1.54, 1.807) is 30.5 Å². The van der Waals surface area contributed by atoms with E-state index in [-0.39, 0.29) is 5.02 Å². The van der Waals surface area contributed by atoms with E-state index in [9.17, 15) is 9.18 Å². The van der Waals surface area contributed by atoms with Gasteiger partial charge in [-0.25, -0.2) is 9.37 Å². The lowest BCUT2D eigenvalue weighted by molar-refractivity contribution is 0.100. The molecule has 0 saturated heterocycles. The number of hydrogen-bond acceptors (Lipinski definition) is 3. The summed E-state index contributed by atoms with van der Waals surface area (Å²) in [7, 11) is 0. The van der Waals surface area contributed by atoms with E-state index < -0.39 is 11.7 Å². The van der Waals surface area contributed by atoms with Crippen LogP contribution >= 0.6 is 11.6 Å². The summed E-state index contributed by atoms with van der Waals surface area (Å²) in [6, 6.07) is 9.50. The van der Waals surface area contributed by atoms with E-state index in [1.807, 2.05) is 0 Å². The largest absolute Gasteiger partial charge is 0.366 e. The van der Waals surface area contributed by atoms with Gasteiger partial charge in [0.05, 0.1) is 22.4 Å². The van der Waals surface area contributed by atoms with Gasteiger partial charge in [0.25, 0.3) is 0 Å². The molecule has 0 bridgehead atoms. The van der Waals surface area contributed by atoms with Crippen molar-refractivity contribution in [2.45, 2.75) is 0 Å². The van der Waals surface area contributed by atoms with Gasteiger partial charge in [-0.05, 0) is 30.3 Å². The van der Waals surface area contributed by atoms with Gasteiger partial charge in [0.2, 0.25) is 5.91 Å². The summed E-state index contributed by atoms with van der Waals surface area (Å²) in [5.74, 6) is -0.546. The topological polar surface area (TPSA) is 100 Å². The summed E-state index contributed by atoms with van der Waals surface area (Å²) >= 11 is 5.71. The molecule has 0 aliphatic rings. The number of hydrogen-bond donors (Lipinski definition) is 3. The monoisotopic (exact) mass is 355 g/mol. The van der Waals surface area contributed by atoms with Crippen LogP contribution in [0.2, 0.25) is 5.02 Å². The first-order valence-corrected chi connectivity index (χ1v) is 7.69. The highest BCUT2D eigenvalue weighted by molar-refractivity contribution is 6.30. The summed E-state index contributed by atoms with van der Waals surface area (Å²) in [5, 5.41) is 7.88. The third-order valence-corrected chi connectivity index (χ3v) is 4.18. The molecule has 124 valence electrons. The highest BCUT2D eigenvalue weighted by Crippen LogP contribution is 2.28. The smallest absolute Gasteiger partial charge is 0.248 e. The Morgan fingerprint density at radius 3 is 2.80 bits per heavy atom. The minimum absolute atomic E-state index is 0.0563. The van der Waals surface area contributed by atoms with Crippen molar-refractivity contribution in [2.75, 3.05) is 0 Å². The van der Waals surface area contributed by atoms with Gasteiger partial charge >= 0.3 is 0 Å². The molecule has 25 heavy (non-hydrogen) atoms. The van der Waals surface area contributed by atoms with Crippen LogP contribution in [0.5, 0.6) is 0 Å². The van der Waals surface area contributed by atoms with E-state index in [0.717, 1.165) is 5.52 Å². The number of imidazole rings is 1. The molecule has 4 N–H and O–H groups in total. The lowest BCUT2D eigenvalue weighted by atomic mass is 10.1. The van der Waals surface area contributed by atoms with Gasteiger partial charge in [-0.3, -0.25) is 9.89 Å². The van der Waals surface area contributed by atoms with Crippen molar-refractivity contribution >= 4 is 28.4 Å². The van der Waals surface area contributed by atoms with Gasteiger partial charge in [0.1, 0.15) is 11.5 Å². The van der Waals surface area contributed by atoms with Crippen LogP contribution in [0.1, 0.15) is 10.4 Å². The maximum atomic E-state index is 13.6. The molecule has 4 rings (SSSR count). The van der Waals surface area contributed by atoms with Crippen molar-refractivity contribution in [3.05, 3.63) is 59.0 Å². The van der Waals surface area contributed by atoms with Gasteiger partial charge in [-0.15, -0.1) is 0 Å². The summed E-state index contributed by atoms with van der Waals surface area (Å²) in [6.07, 6.45) is 1.58. The Bertz CT molecular complexity index is 1120. The minimum Gasteiger partial charge on any atom is -0.366 e. The number of aromatic amines is 2. The highest BCUT2D eigenvalue weighted by Gasteiger charge is 2.14. The van der Waals surface area contributed by atoms with Gasteiger partial charge < -0.3 is 10.7 Å². The summed E-state index contributed by atoms with van der Waals surface area (Å²) < 4.78 is 13.6. The average Bonchev–Trinajstić information content (AvgIpc) is 3.23. The fourth-order valence-corrected chi connectivity index (χ4v) is 2.72. The number of primary amides is 1. The SMILES string of the molecule is NC(=O)c1ccc2[nH]nc(-c3ncc(-c4ccc(Cl)c(F)c4)[nH]3)c2c1. The Morgan fingerprint density at radius 1 is 1.20 bits per heavy atom. The predicted molar refractivity (Wildman–Crippen MR) is 92.6 cm³/mol. The van der Waals surface area contributed by atoms with Crippen LogP contribution in [0.25, 0.3) is 33.7 Å². The second kappa shape index (κ2) is 5.71. The number of nitrogens with zero attached hydrogens (tertiary/aromatic N) is 2. The minimum atomic E-state index is -0.522. The van der Waals surface area contributed by atoms with E-state index >= 15 is 0 Å². The maximum Gasteiger partial charge on any atom is 0.248 e. The third-order valence-electron chi connectivity index (χ3n) is 3.88. The van der Waals surface area contributed by atoms with Crippen LogP contribution in [0.15, 0.2) is 42.6 Å². The van der Waals surface area contributed by atoms with Crippen LogP contribution in [-0.4, -0.2) is 26.1 Å². The lowest BCUT2D eigenvalue weighted by Gasteiger charge is -1.99. The average molecular weight is 356 g/mol. The zero-order valence-electron chi connectivity index (χ0n) is 12.7. The Labute approximate surface area is 145 Å². The molecule has 4 aromatic rings. The number of carbonyl (C=O) groups excluding carboxylic acids is 1. The molecule has 0 fully saturated rings. The summed E-state index contributed by atoms with van der Waals surface area (Å²) in [5.41, 5.74) is 8.22. The van der Waals surface area contributed by atoms with Crippen LogP contribution in [0.4, 0.5) is 4.39 Å². The molecule has 0 radical (unpaired) electrons. The zero-order valence-corrected chi connectivity index (χ0v) is 13.4. The van der Waals surface area contributed by atoms with Crippen molar-refractivity contribution in [1.29, 1.82) is 0 Å². The second-order valence-electron chi connectivity index (χ2n) is 5.47. The molecule has 0 spiro atoms. The van der Waals surface area contributed by atoms with E-state index in [4.69, 9.17) is 17.3 Å². The molecule has 0 aliphatic carbocycles. The molecule has 1 amide bonds. The molecule has 6 nitrogen and oxygen atoms in total. The van der Waals surface area contributed by atoms with E-state index in [2.05, 4.69) is 20.2 Å². The van der Waals surface area contributed by atoms with Crippen molar-refractivity contribution < 1.29 is 9.18 Å². The Balaban J connectivity index is 1.79. The first-order valence-electron chi connectivity index (χ1n) is 7.31. The van der Waals surface area contributed by atoms with Gasteiger partial charge in [-0.2, -0.15) is 5.10 Å². The normalized spacial score (nSPS) is 11.1. The number of fused-ring (bicyclic) bond motifs is 1. The fraction of sp³-hybridized carbons (Fsp3) is 0. The Hall–Kier alpha value is -3.19. The molecule has 0 unspecified atom stereocenters. The number of H-pyrrole nitrogens is 2. The number of nitrogens with two attached hydrogens (primary N) is 1. The lowest BCUT2D eigenvalue weighted by Crippen LogP contribution is -2.10. The predicted octanol–water partition coefficient (Wildman–Crippen LogP) is 3.51. The number of carbonyl (C=O) groups is 1. The number of halogens is 2. The molecule has 2 aromatic heterocycles. The van der Waals surface area contributed by atoms with E-state index in [1.165, 1.54) is 12.1 Å². The fourth-order valence-electron chi connectivity index (χ4n) is 2.60. The number of nitrogens with one attached hydrogen (secondary N) is 2. The first-order chi connectivity index (χ1) is 12.0. The number of amides is 1. The van der Waals surface area contributed by atoms with Crippen LogP contribution in [0.3, 0.4) is 0 Å². The van der Waals surface area contributed by atoms with Crippen molar-refractivity contribution in [1.82, 2.24) is 20.2 Å². The molecule has 8 heteroatoms. The van der Waals surface area contributed by atoms with E-state index in [0.29, 0.717) is 33.7 Å². The molecule has 2 aromatic carbocycles. The van der Waals surface area contributed by atoms with Crippen molar-refractivity contribution in [3.63, 3.8) is 0 Å². The molecular weight excluding hydrogens is 345 g/mol. The van der Waals surface area contributed by atoms with Crippen molar-refractivity contribution in [2.24, 2.45) is 5.73 Å². The standard InChI is InChI=1S/C17H11ClFN5O/c18-11-3-1-8(6-12(11)19)14-7-21-17(22-14)15-10-5-9(16(20)25)2-4-13(10)23-24-15/h1-7H,(H2,20,25)(H,21,22)(H,23,24). The summed E-state index contributed by atoms with van der Waals surface area (Å²) in [4.78, 5) is 18.8. The molecule has 0 aliphatic heterocycles. The summed E-state index contributed by atoms with van der Waals surface area (Å²) in [6.45, 7) is 0. The van der Waals surface area contributed by atoms with Crippen molar-refractivity contribution in [3.8, 4) is 22.8 Å². The highest BCUT2D eigenvalue weighted by atomic mass is 35.5. The molecule has 2 heterocycles. The molecule has 0 atom stereocenters. The third kappa shape index (κ3) is 2.64. The van der Waals surface area contributed by atoms with Gasteiger partial charge in [0, 0.05) is 16.5 Å². The van der Waals surface area contributed by atoms with Crippen LogP contribution in [0, 0.1) is 5.82 Å². The van der Waals surface area contributed by atoms with Gasteiger partial charge in [0.15, 0.2) is 5.82 Å². The number of aromatic nitrogens is 4. The number of rotatable bonds is 3. The Kier molecular flexibility index (Phi) is 3.51. The van der Waals surface area contributed by atoms with Crippen LogP contribution < -0.4 is 5.73 Å². The Morgan fingerprint density at radius 2 is 2.04 bits per heavy atom. The van der Waals surface area contributed by atoms with Gasteiger partial charge in [-0.1, -0.05) is 17.7 Å². The quantitative estimate of drug-likeness (QED) is 0.524. The number of benzene rings is 2. The zero-order chi connectivity index (χ0) is 17.6.